The predicted octanol–water partition coefficient (Wildman–Crippen LogP) is 4.95. The van der Waals surface area contributed by atoms with Crippen LogP contribution in [0.3, 0.4) is 0 Å². The average Bonchev–Trinajstić information content (AvgIpc) is 3.15. The van der Waals surface area contributed by atoms with E-state index in [1.54, 1.807) is 32.4 Å². The van der Waals surface area contributed by atoms with Crippen LogP contribution in [0.2, 0.25) is 0 Å². The molecule has 0 atom stereocenters. The summed E-state index contributed by atoms with van der Waals surface area (Å²) in [5.74, 6) is 0.913. The van der Waals surface area contributed by atoms with Gasteiger partial charge in [0.2, 0.25) is 0 Å². The van der Waals surface area contributed by atoms with Crippen molar-refractivity contribution in [2.24, 2.45) is 0 Å². The monoisotopic (exact) mass is 433 g/mol. The third-order valence-electron chi connectivity index (χ3n) is 3.63. The molecule has 0 radical (unpaired) electrons. The second-order valence-electron chi connectivity index (χ2n) is 5.27. The zero-order valence-corrected chi connectivity index (χ0v) is 16.6. The zero-order chi connectivity index (χ0) is 18.5. The van der Waals surface area contributed by atoms with Crippen LogP contribution in [-0.2, 0) is 11.3 Å². The first-order valence-electron chi connectivity index (χ1n) is 7.71. The van der Waals surface area contributed by atoms with Crippen molar-refractivity contribution in [3.05, 3.63) is 63.6 Å². The van der Waals surface area contributed by atoms with Crippen LogP contribution in [0.25, 0.3) is 10.6 Å². The Balaban J connectivity index is 1.70. The number of hydrogen-bond acceptors (Lipinski definition) is 6. The van der Waals surface area contributed by atoms with Crippen LogP contribution in [0.1, 0.15) is 16.1 Å². The largest absolute Gasteiger partial charge is 0.493 e. The molecular formula is C19H16BrNO4S. The fraction of sp³-hybridized carbons (Fsp3) is 0.158. The number of carbonyl (C=O) groups excluding carboxylic acids is 1. The second-order valence-corrected chi connectivity index (χ2v) is 6.98. The quantitative estimate of drug-likeness (QED) is 0.514. The topological polar surface area (TPSA) is 57.7 Å². The lowest BCUT2D eigenvalue weighted by Crippen LogP contribution is -2.06. The van der Waals surface area contributed by atoms with E-state index in [0.717, 1.165) is 10.6 Å². The Bertz CT molecular complexity index is 925. The molecule has 2 aromatic carbocycles. The van der Waals surface area contributed by atoms with Crippen LogP contribution in [0.15, 0.2) is 52.3 Å². The number of benzene rings is 2. The molecule has 5 nitrogen and oxygen atoms in total. The number of halogens is 1. The first kappa shape index (κ1) is 18.4. The summed E-state index contributed by atoms with van der Waals surface area (Å²) in [6.45, 7) is 0.115. The van der Waals surface area contributed by atoms with E-state index in [4.69, 9.17) is 14.2 Å². The Morgan fingerprint density at radius 3 is 2.62 bits per heavy atom. The molecule has 0 aliphatic carbocycles. The Kier molecular flexibility index (Phi) is 5.90. The maximum atomic E-state index is 12.2. The van der Waals surface area contributed by atoms with Crippen molar-refractivity contribution in [1.82, 2.24) is 4.98 Å². The van der Waals surface area contributed by atoms with Crippen molar-refractivity contribution in [1.29, 1.82) is 0 Å². The first-order valence-corrected chi connectivity index (χ1v) is 9.38. The van der Waals surface area contributed by atoms with Gasteiger partial charge < -0.3 is 14.2 Å². The van der Waals surface area contributed by atoms with Gasteiger partial charge in [-0.15, -0.1) is 11.3 Å². The van der Waals surface area contributed by atoms with Crippen LogP contribution < -0.4 is 9.47 Å². The smallest absolute Gasteiger partial charge is 0.339 e. The van der Waals surface area contributed by atoms with Gasteiger partial charge in [-0.25, -0.2) is 9.78 Å². The van der Waals surface area contributed by atoms with E-state index in [1.165, 1.54) is 11.3 Å². The molecule has 0 fully saturated rings. The molecule has 0 saturated heterocycles. The van der Waals surface area contributed by atoms with Gasteiger partial charge >= 0.3 is 5.97 Å². The van der Waals surface area contributed by atoms with Crippen molar-refractivity contribution >= 4 is 33.2 Å². The van der Waals surface area contributed by atoms with Crippen LogP contribution in [-0.4, -0.2) is 25.2 Å². The third kappa shape index (κ3) is 4.05. The Labute approximate surface area is 163 Å². The van der Waals surface area contributed by atoms with E-state index in [9.17, 15) is 4.79 Å². The molecule has 0 bridgehead atoms. The highest BCUT2D eigenvalue weighted by Gasteiger charge is 2.13. The fourth-order valence-corrected chi connectivity index (χ4v) is 3.57. The summed E-state index contributed by atoms with van der Waals surface area (Å²) in [5.41, 5.74) is 2.10. The van der Waals surface area contributed by atoms with Crippen molar-refractivity contribution in [3.8, 4) is 22.1 Å². The molecular weight excluding hydrogens is 418 g/mol. The van der Waals surface area contributed by atoms with E-state index in [0.29, 0.717) is 27.2 Å². The highest BCUT2D eigenvalue weighted by molar-refractivity contribution is 9.10. The van der Waals surface area contributed by atoms with E-state index < -0.39 is 5.97 Å². The normalized spacial score (nSPS) is 10.4. The van der Waals surface area contributed by atoms with Gasteiger partial charge in [-0.1, -0.05) is 12.1 Å². The van der Waals surface area contributed by atoms with E-state index in [2.05, 4.69) is 20.9 Å². The summed E-state index contributed by atoms with van der Waals surface area (Å²) in [6, 6.07) is 12.8. The molecule has 1 heterocycles. The summed E-state index contributed by atoms with van der Waals surface area (Å²) in [5, 5.41) is 2.69. The number of esters is 1. The standard InChI is InChI=1S/C19H16BrNO4S/c1-23-16-8-7-12(9-17(16)24-2)18-21-13(11-26-18)10-25-19(22)14-5-3-4-6-15(14)20/h3-9,11H,10H2,1-2H3. The lowest BCUT2D eigenvalue weighted by Gasteiger charge is -2.08. The number of nitrogens with zero attached hydrogens (tertiary/aromatic N) is 1. The molecule has 0 aliphatic rings. The fourth-order valence-electron chi connectivity index (χ4n) is 2.32. The van der Waals surface area contributed by atoms with Gasteiger partial charge in [0.25, 0.3) is 0 Å². The molecule has 0 aliphatic heterocycles. The molecule has 0 N–H and O–H groups in total. The lowest BCUT2D eigenvalue weighted by atomic mass is 10.2. The Morgan fingerprint density at radius 2 is 1.88 bits per heavy atom. The number of carbonyl (C=O) groups is 1. The molecule has 0 unspecified atom stereocenters. The summed E-state index contributed by atoms with van der Waals surface area (Å²) in [6.07, 6.45) is 0. The minimum Gasteiger partial charge on any atom is -0.493 e. The summed E-state index contributed by atoms with van der Waals surface area (Å²) in [7, 11) is 3.19. The minimum absolute atomic E-state index is 0.115. The summed E-state index contributed by atoms with van der Waals surface area (Å²) in [4.78, 5) is 16.7. The predicted molar refractivity (Wildman–Crippen MR) is 104 cm³/mol. The number of ether oxygens (including phenoxy) is 3. The number of hydrogen-bond donors (Lipinski definition) is 0. The minimum atomic E-state index is -0.391. The Morgan fingerprint density at radius 1 is 1.12 bits per heavy atom. The molecule has 0 spiro atoms. The summed E-state index contributed by atoms with van der Waals surface area (Å²) >= 11 is 4.82. The van der Waals surface area contributed by atoms with E-state index in [-0.39, 0.29) is 6.61 Å². The SMILES string of the molecule is COc1ccc(-c2nc(COC(=O)c3ccccc3Br)cs2)cc1OC. The number of methoxy groups -OCH3 is 2. The molecule has 0 saturated carbocycles. The van der Waals surface area contributed by atoms with Gasteiger partial charge in [0.15, 0.2) is 11.5 Å². The lowest BCUT2D eigenvalue weighted by molar-refractivity contribution is 0.0467. The van der Waals surface area contributed by atoms with Gasteiger partial charge in [-0.05, 0) is 46.3 Å². The average molecular weight is 434 g/mol. The molecule has 3 rings (SSSR count). The van der Waals surface area contributed by atoms with Crippen molar-refractivity contribution in [2.45, 2.75) is 6.61 Å². The van der Waals surface area contributed by atoms with Gasteiger partial charge in [0.1, 0.15) is 11.6 Å². The van der Waals surface area contributed by atoms with Crippen LogP contribution in [0.4, 0.5) is 0 Å². The highest BCUT2D eigenvalue weighted by atomic mass is 79.9. The first-order chi connectivity index (χ1) is 12.6. The molecule has 7 heteroatoms. The van der Waals surface area contributed by atoms with Crippen LogP contribution in [0, 0.1) is 0 Å². The van der Waals surface area contributed by atoms with Crippen LogP contribution >= 0.6 is 27.3 Å². The van der Waals surface area contributed by atoms with Crippen molar-refractivity contribution in [2.75, 3.05) is 14.2 Å². The molecule has 0 amide bonds. The van der Waals surface area contributed by atoms with Crippen molar-refractivity contribution in [3.63, 3.8) is 0 Å². The molecule has 3 aromatic rings. The van der Waals surface area contributed by atoms with Gasteiger partial charge in [0, 0.05) is 15.4 Å². The maximum Gasteiger partial charge on any atom is 0.339 e. The van der Waals surface area contributed by atoms with Gasteiger partial charge in [-0.2, -0.15) is 0 Å². The highest BCUT2D eigenvalue weighted by Crippen LogP contribution is 2.33. The third-order valence-corrected chi connectivity index (χ3v) is 5.26. The molecule has 134 valence electrons. The van der Waals surface area contributed by atoms with Crippen molar-refractivity contribution < 1.29 is 19.0 Å². The number of rotatable bonds is 6. The maximum absolute atomic E-state index is 12.2. The van der Waals surface area contributed by atoms with E-state index >= 15 is 0 Å². The second kappa shape index (κ2) is 8.33. The van der Waals surface area contributed by atoms with Crippen LogP contribution in [0.5, 0.6) is 11.5 Å². The summed E-state index contributed by atoms with van der Waals surface area (Å²) < 4.78 is 16.6. The van der Waals surface area contributed by atoms with E-state index in [1.807, 2.05) is 29.6 Å². The molecule has 26 heavy (non-hydrogen) atoms. The van der Waals surface area contributed by atoms with Gasteiger partial charge in [-0.3, -0.25) is 0 Å². The number of aromatic nitrogens is 1. The number of thiazole rings is 1. The Hall–Kier alpha value is -2.38. The zero-order valence-electron chi connectivity index (χ0n) is 14.2. The van der Waals surface area contributed by atoms with Gasteiger partial charge in [0.05, 0.1) is 25.5 Å². The molecule has 1 aromatic heterocycles.